The minimum absolute atomic E-state index is 0.0217. The van der Waals surface area contributed by atoms with E-state index in [4.69, 9.17) is 4.42 Å². The molecule has 4 heterocycles. The molecule has 0 atom stereocenters. The molecule has 3 nitrogen and oxygen atoms in total. The number of hydrogen-bond acceptors (Lipinski definition) is 3. The highest BCUT2D eigenvalue weighted by Gasteiger charge is 2.56. The van der Waals surface area contributed by atoms with E-state index in [2.05, 4.69) is 225 Å². The summed E-state index contributed by atoms with van der Waals surface area (Å²) in [5, 5.41) is 6.70. The molecule has 1 aromatic heterocycles. The van der Waals surface area contributed by atoms with Crippen LogP contribution in [-0.4, -0.2) is 14.9 Å². The van der Waals surface area contributed by atoms with E-state index in [1.807, 2.05) is 0 Å². The molecule has 0 radical (unpaired) electrons. The van der Waals surface area contributed by atoms with Gasteiger partial charge in [-0.1, -0.05) is 172 Å². The summed E-state index contributed by atoms with van der Waals surface area (Å²) in [5.41, 5.74) is 16.6. The van der Waals surface area contributed by atoms with Crippen LogP contribution in [0.4, 0.5) is 28.4 Å². The van der Waals surface area contributed by atoms with Crippen LogP contribution in [0.1, 0.15) is 31.9 Å². The molecule has 60 heavy (non-hydrogen) atoms. The highest BCUT2D eigenvalue weighted by atomic mass is 28.3. The van der Waals surface area contributed by atoms with Crippen molar-refractivity contribution in [3.05, 3.63) is 199 Å². The van der Waals surface area contributed by atoms with Gasteiger partial charge in [0.15, 0.2) is 8.07 Å². The summed E-state index contributed by atoms with van der Waals surface area (Å²) in [5.74, 6) is 0. The van der Waals surface area contributed by atoms with Crippen LogP contribution < -0.4 is 41.6 Å². The van der Waals surface area contributed by atoms with Crippen LogP contribution in [-0.2, 0) is 5.41 Å². The minimum atomic E-state index is -2.84. The zero-order valence-electron chi connectivity index (χ0n) is 34.3. The molecule has 0 unspecified atom stereocenters. The summed E-state index contributed by atoms with van der Waals surface area (Å²) in [4.78, 5) is 5.20. The van der Waals surface area contributed by atoms with Crippen molar-refractivity contribution < 1.29 is 4.42 Å². The Bertz CT molecular complexity index is 3130. The second-order valence-electron chi connectivity index (χ2n) is 17.7. The van der Waals surface area contributed by atoms with Crippen molar-refractivity contribution >= 4 is 86.2 Å². The first-order chi connectivity index (χ1) is 29.3. The Morgan fingerprint density at radius 2 is 1.17 bits per heavy atom. The Morgan fingerprint density at radius 3 is 1.90 bits per heavy atom. The van der Waals surface area contributed by atoms with E-state index >= 15 is 0 Å². The van der Waals surface area contributed by atoms with Gasteiger partial charge in [0, 0.05) is 33.6 Å². The van der Waals surface area contributed by atoms with Gasteiger partial charge in [-0.25, -0.2) is 0 Å². The Balaban J connectivity index is 1.23. The summed E-state index contributed by atoms with van der Waals surface area (Å²) in [6.45, 7) is 8.96. The molecule has 0 N–H and O–H groups in total. The maximum absolute atomic E-state index is 7.32. The fraction of sp³-hybridized carbons (Fsp3) is 0.0909. The lowest BCUT2D eigenvalue weighted by atomic mass is 9.45. The Labute approximate surface area is 353 Å². The van der Waals surface area contributed by atoms with Gasteiger partial charge in [-0.15, -0.1) is 0 Å². The number of aryl methyl sites for hydroxylation is 1. The Morgan fingerprint density at radius 1 is 0.517 bits per heavy atom. The molecule has 286 valence electrons. The van der Waals surface area contributed by atoms with Gasteiger partial charge >= 0.3 is 6.85 Å². The van der Waals surface area contributed by atoms with Gasteiger partial charge in [0.1, 0.15) is 11.2 Å². The van der Waals surface area contributed by atoms with Gasteiger partial charge in [-0.2, -0.15) is 0 Å². The van der Waals surface area contributed by atoms with E-state index in [9.17, 15) is 0 Å². The summed E-state index contributed by atoms with van der Waals surface area (Å²) in [6, 6.07) is 70.5. The average Bonchev–Trinajstić information content (AvgIpc) is 3.67. The molecule has 0 bridgehead atoms. The summed E-state index contributed by atoms with van der Waals surface area (Å²) >= 11 is 0. The van der Waals surface area contributed by atoms with Gasteiger partial charge in [-0.05, 0) is 97.2 Å². The Kier molecular flexibility index (Phi) is 7.52. The minimum Gasteiger partial charge on any atom is -0.466 e. The molecule has 8 aromatic carbocycles. The molecule has 3 aliphatic heterocycles. The molecule has 0 saturated heterocycles. The molecular weight excluding hydrogens is 744 g/mol. The van der Waals surface area contributed by atoms with Crippen molar-refractivity contribution in [1.29, 1.82) is 0 Å². The number of anilines is 5. The number of hydrogen-bond donors (Lipinski definition) is 0. The highest BCUT2D eigenvalue weighted by molar-refractivity contribution is 7.22. The van der Waals surface area contributed by atoms with E-state index in [1.54, 1.807) is 0 Å². The molecular formula is C55H43BN2OSi. The van der Waals surface area contributed by atoms with Crippen LogP contribution in [0.2, 0.25) is 0 Å². The third-order valence-corrected chi connectivity index (χ3v) is 18.1. The fourth-order valence-electron chi connectivity index (χ4n) is 10.8. The zero-order valence-corrected chi connectivity index (χ0v) is 35.3. The molecule has 0 saturated carbocycles. The summed E-state index contributed by atoms with van der Waals surface area (Å²) < 4.78 is 7.32. The SMILES string of the molecule is Cc1cc2c3c(c1)N(c1ccc(C(C)(C)C)cc1-c1ccccc1)c1c(oc4ccccc14)B3N1c3ccccc3[Si](c3ccccc3)(c3ccccc3)c3cccc-2c31. The number of nitrogens with zero attached hydrogens (tertiary/aromatic N) is 2. The van der Waals surface area contributed by atoms with Gasteiger partial charge in [0.25, 0.3) is 0 Å². The van der Waals surface area contributed by atoms with Crippen LogP contribution in [0, 0.1) is 6.92 Å². The monoisotopic (exact) mass is 786 g/mol. The van der Waals surface area contributed by atoms with Crippen molar-refractivity contribution in [3.63, 3.8) is 0 Å². The maximum atomic E-state index is 7.32. The molecule has 9 aromatic rings. The van der Waals surface area contributed by atoms with Crippen molar-refractivity contribution in [2.24, 2.45) is 0 Å². The summed E-state index contributed by atoms with van der Waals surface area (Å²) in [6.07, 6.45) is 0. The summed E-state index contributed by atoms with van der Waals surface area (Å²) in [7, 11) is -2.84. The van der Waals surface area contributed by atoms with E-state index in [1.165, 1.54) is 76.7 Å². The topological polar surface area (TPSA) is 19.6 Å². The van der Waals surface area contributed by atoms with E-state index in [0.29, 0.717) is 0 Å². The van der Waals surface area contributed by atoms with Crippen LogP contribution in [0.5, 0.6) is 0 Å². The van der Waals surface area contributed by atoms with Crippen molar-refractivity contribution in [3.8, 4) is 22.3 Å². The first-order valence-corrected chi connectivity index (χ1v) is 23.1. The first-order valence-electron chi connectivity index (χ1n) is 21.1. The predicted octanol–water partition coefficient (Wildman–Crippen LogP) is 10.1. The number of fused-ring (bicyclic) bond motifs is 8. The second kappa shape index (κ2) is 12.8. The van der Waals surface area contributed by atoms with Crippen LogP contribution >= 0.6 is 0 Å². The number of benzene rings is 8. The quantitative estimate of drug-likeness (QED) is 0.166. The van der Waals surface area contributed by atoms with Gasteiger partial charge in [-0.3, -0.25) is 0 Å². The second-order valence-corrected chi connectivity index (χ2v) is 21.4. The molecule has 0 aliphatic carbocycles. The van der Waals surface area contributed by atoms with E-state index in [-0.39, 0.29) is 12.3 Å². The largest absolute Gasteiger partial charge is 0.466 e. The van der Waals surface area contributed by atoms with Crippen molar-refractivity contribution in [2.75, 3.05) is 9.71 Å². The molecule has 0 amide bonds. The molecule has 0 fully saturated rings. The van der Waals surface area contributed by atoms with Crippen molar-refractivity contribution in [2.45, 2.75) is 33.1 Å². The number of para-hydroxylation sites is 3. The lowest BCUT2D eigenvalue weighted by Crippen LogP contribution is -2.79. The molecule has 0 spiro atoms. The Hall–Kier alpha value is -6.82. The number of furan rings is 1. The van der Waals surface area contributed by atoms with Gasteiger partial charge in [0.05, 0.1) is 11.4 Å². The average molecular weight is 787 g/mol. The van der Waals surface area contributed by atoms with Crippen LogP contribution in [0.25, 0.3) is 33.2 Å². The highest BCUT2D eigenvalue weighted by Crippen LogP contribution is 2.51. The smallest absolute Gasteiger partial charge is 0.375 e. The lowest BCUT2D eigenvalue weighted by molar-refractivity contribution is 0.590. The maximum Gasteiger partial charge on any atom is 0.375 e. The normalized spacial score (nSPS) is 14.4. The lowest BCUT2D eigenvalue weighted by Gasteiger charge is -2.51. The predicted molar refractivity (Wildman–Crippen MR) is 256 cm³/mol. The first kappa shape index (κ1) is 35.2. The van der Waals surface area contributed by atoms with Crippen LogP contribution in [0.15, 0.2) is 192 Å². The zero-order chi connectivity index (χ0) is 40.3. The molecule has 3 aliphatic rings. The van der Waals surface area contributed by atoms with E-state index in [0.717, 1.165) is 28.0 Å². The number of rotatable bonds is 4. The third-order valence-electron chi connectivity index (χ3n) is 13.3. The van der Waals surface area contributed by atoms with Crippen LogP contribution in [0.3, 0.4) is 0 Å². The fourth-order valence-corrected chi connectivity index (χ4v) is 15.9. The van der Waals surface area contributed by atoms with Gasteiger partial charge < -0.3 is 14.1 Å². The molecule has 12 rings (SSSR count). The molecule has 5 heteroatoms. The van der Waals surface area contributed by atoms with E-state index < -0.39 is 8.07 Å². The van der Waals surface area contributed by atoms with Crippen molar-refractivity contribution in [1.82, 2.24) is 0 Å². The standard InChI is InChI=1S/C55H43BN2OSi/c1-36-33-44-41-26-18-30-50-52(41)58(46-27-15-17-29-49(46)60(50,39-21-10-6-11-22-39)40-23-12-7-13-24-40)56-51(44)47(34-36)57(53-42-25-14-16-28-48(42)59-54(53)56)45-32-31-38(55(2,3)4)35-43(45)37-19-8-5-9-20-37/h5-35H,1-4H3. The van der Waals surface area contributed by atoms with Gasteiger partial charge in [0.2, 0.25) is 0 Å². The third kappa shape index (κ3) is 4.78.